The van der Waals surface area contributed by atoms with Gasteiger partial charge in [-0.3, -0.25) is 9.69 Å². The molecule has 2 amide bonds. The normalized spacial score (nSPS) is 19.6. The molecular weight excluding hydrogens is 866 g/mol. The number of anilines is 1. The fourth-order valence-electron chi connectivity index (χ4n) is 8.02. The number of hydrogen-bond acceptors (Lipinski definition) is 11. The SMILES string of the molecule is COC(=O)NC(C(=O)N[C@@H](Cc1ccc(C#Cc2ccc(N3C4CCC3CN(C3COC3)C4)nc2)cc1)[C@@H](O)CNCc1c(F)cc(C(C=NC(F)F)=CN)cc1F)C(C)(C)C(F)(F)F. The van der Waals surface area contributed by atoms with E-state index in [9.17, 15) is 36.6 Å². The third-order valence-corrected chi connectivity index (χ3v) is 12.0. The van der Waals surface area contributed by atoms with Crippen LogP contribution in [0.25, 0.3) is 5.57 Å². The summed E-state index contributed by atoms with van der Waals surface area (Å²) >= 11 is 0. The highest BCUT2D eigenvalue weighted by Gasteiger charge is 2.56. The minimum atomic E-state index is -4.98. The Morgan fingerprint density at radius 1 is 1.00 bits per heavy atom. The number of halogens is 7. The Balaban J connectivity index is 1.15. The molecular formula is C45H51F7N8O5. The van der Waals surface area contributed by atoms with E-state index in [1.54, 1.807) is 30.5 Å². The lowest BCUT2D eigenvalue weighted by Crippen LogP contribution is -2.62. The summed E-state index contributed by atoms with van der Waals surface area (Å²) < 4.78 is 108. The number of nitrogens with one attached hydrogen (secondary N) is 3. The number of aliphatic imine (C=N–C) groups is 1. The van der Waals surface area contributed by atoms with Gasteiger partial charge in [0.15, 0.2) is 0 Å². The molecule has 6 rings (SSSR count). The lowest BCUT2D eigenvalue weighted by Gasteiger charge is -2.47. The molecule has 0 saturated carbocycles. The second-order valence-electron chi connectivity index (χ2n) is 16.7. The monoisotopic (exact) mass is 916 g/mol. The molecule has 0 aliphatic carbocycles. The molecule has 350 valence electrons. The topological polar surface area (TPSA) is 167 Å². The molecule has 3 aromatic rings. The third-order valence-electron chi connectivity index (χ3n) is 12.0. The molecule has 20 heteroatoms. The minimum Gasteiger partial charge on any atom is -0.453 e. The number of fused-ring (bicyclic) bond motifs is 2. The number of alkyl carbamates (subject to hydrolysis) is 1. The van der Waals surface area contributed by atoms with Crippen LogP contribution in [0, 0.1) is 28.9 Å². The minimum absolute atomic E-state index is 0.151. The first-order valence-corrected chi connectivity index (χ1v) is 20.9. The maximum absolute atomic E-state index is 15.1. The Hall–Kier alpha value is -5.75. The first kappa shape index (κ1) is 48.7. The van der Waals surface area contributed by atoms with Gasteiger partial charge in [0.05, 0.1) is 43.9 Å². The molecule has 3 saturated heterocycles. The van der Waals surface area contributed by atoms with E-state index in [1.165, 1.54) is 0 Å². The quantitative estimate of drug-likeness (QED) is 0.0578. The van der Waals surface area contributed by atoms with E-state index in [0.29, 0.717) is 54.9 Å². The Bertz CT molecular complexity index is 2230. The fourth-order valence-corrected chi connectivity index (χ4v) is 8.02. The number of aliphatic hydroxyl groups excluding tert-OH is 1. The Morgan fingerprint density at radius 3 is 2.17 bits per heavy atom. The first-order valence-electron chi connectivity index (χ1n) is 20.9. The van der Waals surface area contributed by atoms with Crippen LogP contribution < -0.4 is 26.6 Å². The second-order valence-corrected chi connectivity index (χ2v) is 16.7. The van der Waals surface area contributed by atoms with E-state index in [2.05, 4.69) is 42.0 Å². The molecule has 65 heavy (non-hydrogen) atoms. The number of ether oxygens (including phenoxy) is 2. The van der Waals surface area contributed by atoms with Crippen LogP contribution >= 0.6 is 0 Å². The number of hydrogen-bond donors (Lipinski definition) is 5. The smallest absolute Gasteiger partial charge is 0.407 e. The molecule has 0 radical (unpaired) electrons. The summed E-state index contributed by atoms with van der Waals surface area (Å²) in [5.74, 6) is 3.63. The van der Waals surface area contributed by atoms with Gasteiger partial charge >= 0.3 is 18.8 Å². The summed E-state index contributed by atoms with van der Waals surface area (Å²) in [7, 11) is 0.914. The number of rotatable bonds is 16. The highest BCUT2D eigenvalue weighted by atomic mass is 19.4. The van der Waals surface area contributed by atoms with Crippen LogP contribution in [0.15, 0.2) is 65.9 Å². The number of pyridine rings is 1. The number of benzene rings is 2. The number of nitrogens with two attached hydrogens (primary N) is 1. The van der Waals surface area contributed by atoms with Crippen molar-refractivity contribution >= 4 is 29.6 Å². The number of aromatic nitrogens is 1. The molecule has 3 fully saturated rings. The number of aliphatic hydroxyl groups is 1. The lowest BCUT2D eigenvalue weighted by molar-refractivity contribution is -0.220. The number of carbonyl (C=O) groups excluding carboxylic acids is 2. The summed E-state index contributed by atoms with van der Waals surface area (Å²) in [6.07, 6.45) is -2.56. The average molecular weight is 917 g/mol. The van der Waals surface area contributed by atoms with Gasteiger partial charge in [0.25, 0.3) is 0 Å². The van der Waals surface area contributed by atoms with Crippen molar-refractivity contribution in [3.63, 3.8) is 0 Å². The summed E-state index contributed by atoms with van der Waals surface area (Å²) in [5, 5.41) is 18.4. The molecule has 3 unspecified atom stereocenters. The molecule has 13 nitrogen and oxygen atoms in total. The zero-order valence-electron chi connectivity index (χ0n) is 35.8. The van der Waals surface area contributed by atoms with Gasteiger partial charge in [-0.25, -0.2) is 23.6 Å². The second kappa shape index (κ2) is 21.0. The molecule has 5 atom stereocenters. The van der Waals surface area contributed by atoms with E-state index in [-0.39, 0.29) is 17.6 Å². The summed E-state index contributed by atoms with van der Waals surface area (Å²) in [4.78, 5) is 38.3. The number of piperazine rings is 1. The van der Waals surface area contributed by atoms with Crippen LogP contribution in [0.2, 0.25) is 0 Å². The summed E-state index contributed by atoms with van der Waals surface area (Å²) in [5.41, 5.74) is 3.58. The Labute approximate surface area is 371 Å². The standard InChI is InChI=1S/C45H51F7N8O5/c1-44(2,45(50,51)52)40(58-43(63)64-3)41(62)57-37(38(61)21-54-20-34-35(46)15-29(16-36(34)47)30(17-53)19-56-42(48)49)14-27-7-4-26(5-8-27)6-9-28-10-13-39(55-18-28)60-31-11-12-32(60)23-59(22-31)33-24-65-25-33/h4-5,7-8,10,13,15-19,31-33,37-38,40,42,54,61H,11-12,14,20-25,53H2,1-3H3,(H,57,62)(H,58,63)/t31?,32?,37-,38-,40?/m0/s1. The van der Waals surface area contributed by atoms with Crippen molar-refractivity contribution in [1.29, 1.82) is 0 Å². The van der Waals surface area contributed by atoms with Gasteiger partial charge in [0, 0.05) is 79.1 Å². The van der Waals surface area contributed by atoms with Gasteiger partial charge in [-0.1, -0.05) is 24.0 Å². The van der Waals surface area contributed by atoms with E-state index >= 15 is 8.78 Å². The van der Waals surface area contributed by atoms with Crippen molar-refractivity contribution < 1.29 is 54.9 Å². The van der Waals surface area contributed by atoms with Gasteiger partial charge < -0.3 is 41.2 Å². The maximum atomic E-state index is 15.1. The van der Waals surface area contributed by atoms with Gasteiger partial charge in [-0.2, -0.15) is 22.0 Å². The number of carbonyl (C=O) groups is 2. The molecule has 4 heterocycles. The predicted molar refractivity (Wildman–Crippen MR) is 228 cm³/mol. The average Bonchev–Trinajstić information content (AvgIpc) is 3.51. The van der Waals surface area contributed by atoms with E-state index in [4.69, 9.17) is 15.5 Å². The molecule has 2 aromatic carbocycles. The molecule has 1 aromatic heterocycles. The van der Waals surface area contributed by atoms with Crippen LogP contribution in [0.1, 0.15) is 54.5 Å². The van der Waals surface area contributed by atoms with E-state index < -0.39 is 78.6 Å². The third kappa shape index (κ3) is 11.9. The van der Waals surface area contributed by atoms with Crippen LogP contribution in [-0.2, 0) is 27.2 Å². The molecule has 3 aliphatic rings. The number of nitrogens with zero attached hydrogens (tertiary/aromatic N) is 4. The number of allylic oxidation sites excluding steroid dienone is 1. The number of amides is 2. The molecule has 6 N–H and O–H groups in total. The number of methoxy groups -OCH3 is 1. The van der Waals surface area contributed by atoms with Crippen molar-refractivity contribution in [3.8, 4) is 11.8 Å². The fraction of sp³-hybridized carbons (Fsp3) is 0.467. The first-order chi connectivity index (χ1) is 30.9. The van der Waals surface area contributed by atoms with Crippen molar-refractivity contribution in [2.75, 3.05) is 44.9 Å². The molecule has 2 bridgehead atoms. The molecule has 0 spiro atoms. The lowest BCUT2D eigenvalue weighted by atomic mass is 9.82. The van der Waals surface area contributed by atoms with Crippen molar-refractivity contribution in [2.24, 2.45) is 16.1 Å². The van der Waals surface area contributed by atoms with E-state index in [0.717, 1.165) is 70.4 Å². The largest absolute Gasteiger partial charge is 0.453 e. The Kier molecular flexibility index (Phi) is 15.8. The van der Waals surface area contributed by atoms with Gasteiger partial charge in [0.1, 0.15) is 23.5 Å². The summed E-state index contributed by atoms with van der Waals surface area (Å²) in [6, 6.07) is 10.0. The van der Waals surface area contributed by atoms with Gasteiger partial charge in [-0.05, 0) is 80.6 Å². The van der Waals surface area contributed by atoms with Gasteiger partial charge in [0.2, 0.25) is 5.91 Å². The predicted octanol–water partition coefficient (Wildman–Crippen LogP) is 4.90. The van der Waals surface area contributed by atoms with Crippen molar-refractivity contribution in [1.82, 2.24) is 25.8 Å². The van der Waals surface area contributed by atoms with Crippen LogP contribution in [-0.4, -0.2) is 122 Å². The van der Waals surface area contributed by atoms with Gasteiger partial charge in [-0.15, -0.1) is 0 Å². The highest BCUT2D eigenvalue weighted by Crippen LogP contribution is 2.41. The zero-order valence-corrected chi connectivity index (χ0v) is 35.8. The highest BCUT2D eigenvalue weighted by molar-refractivity contribution is 6.09. The molecule has 3 aliphatic heterocycles. The van der Waals surface area contributed by atoms with Crippen LogP contribution in [0.3, 0.4) is 0 Å². The van der Waals surface area contributed by atoms with Crippen molar-refractivity contribution in [3.05, 3.63) is 100 Å². The number of alkyl halides is 5. The van der Waals surface area contributed by atoms with Crippen molar-refractivity contribution in [2.45, 2.75) is 88.7 Å². The van der Waals surface area contributed by atoms with E-state index in [1.807, 2.05) is 17.4 Å². The summed E-state index contributed by atoms with van der Waals surface area (Å²) in [6.45, 7) is 0.934. The zero-order chi connectivity index (χ0) is 47.1. The number of likely N-dealkylation sites (tertiary alicyclic amines) is 1. The maximum Gasteiger partial charge on any atom is 0.407 e. The Morgan fingerprint density at radius 2 is 1.63 bits per heavy atom. The van der Waals surface area contributed by atoms with Crippen LogP contribution in [0.5, 0.6) is 0 Å². The van der Waals surface area contributed by atoms with Crippen LogP contribution in [0.4, 0.5) is 41.3 Å².